The van der Waals surface area contributed by atoms with Crippen molar-refractivity contribution in [1.82, 2.24) is 9.88 Å². The first kappa shape index (κ1) is 21.6. The van der Waals surface area contributed by atoms with E-state index in [4.69, 9.17) is 11.6 Å². The monoisotopic (exact) mass is 438 g/mol. The maximum Gasteiger partial charge on any atom is 0.238 e. The number of nitrogens with one attached hydrogen (secondary N) is 2. The summed E-state index contributed by atoms with van der Waals surface area (Å²) in [6.07, 6.45) is 3.98. The molecule has 0 unspecified atom stereocenters. The summed E-state index contributed by atoms with van der Waals surface area (Å²) in [5.41, 5.74) is 3.81. The predicted molar refractivity (Wildman–Crippen MR) is 126 cm³/mol. The molecule has 1 amide bonds. The number of pyridine rings is 1. The highest BCUT2D eigenvalue weighted by molar-refractivity contribution is 6.31. The van der Waals surface area contributed by atoms with Gasteiger partial charge in [0.25, 0.3) is 0 Å². The molecule has 1 saturated heterocycles. The Labute approximate surface area is 187 Å². The molecule has 162 valence electrons. The average Bonchev–Trinajstić information content (AvgIpc) is 2.75. The van der Waals surface area contributed by atoms with Crippen LogP contribution < -0.4 is 10.6 Å². The Bertz CT molecular complexity index is 1080. The van der Waals surface area contributed by atoms with Crippen molar-refractivity contribution in [3.05, 3.63) is 59.2 Å². The minimum Gasteiger partial charge on any atom is -0.392 e. The number of likely N-dealkylation sites (tertiary alicyclic amines) is 1. The van der Waals surface area contributed by atoms with Gasteiger partial charge in [0.05, 0.1) is 18.7 Å². The van der Waals surface area contributed by atoms with Crippen LogP contribution in [0.2, 0.25) is 5.02 Å². The Hall–Kier alpha value is -2.67. The quantitative estimate of drug-likeness (QED) is 0.515. The number of aliphatic hydroxyl groups excluding tert-OH is 1. The highest BCUT2D eigenvalue weighted by Crippen LogP contribution is 2.29. The van der Waals surface area contributed by atoms with Crippen molar-refractivity contribution in [3.63, 3.8) is 0 Å². The summed E-state index contributed by atoms with van der Waals surface area (Å²) in [4.78, 5) is 19.1. The van der Waals surface area contributed by atoms with Gasteiger partial charge < -0.3 is 15.7 Å². The number of carbonyl (C=O) groups is 1. The molecule has 0 aliphatic carbocycles. The fraction of sp³-hybridized carbons (Fsp3) is 0.333. The van der Waals surface area contributed by atoms with Gasteiger partial charge in [-0.05, 0) is 79.9 Å². The number of hydrogen-bond donors (Lipinski definition) is 3. The Morgan fingerprint density at radius 2 is 1.94 bits per heavy atom. The van der Waals surface area contributed by atoms with E-state index in [0.717, 1.165) is 54.1 Å². The molecule has 0 bridgehead atoms. The summed E-state index contributed by atoms with van der Waals surface area (Å²) in [5, 5.41) is 17.6. The lowest BCUT2D eigenvalue weighted by Crippen LogP contribution is -2.38. The van der Waals surface area contributed by atoms with Crippen LogP contribution >= 0.6 is 11.6 Å². The minimum absolute atomic E-state index is 0.0420. The van der Waals surface area contributed by atoms with Crippen molar-refractivity contribution in [2.45, 2.75) is 26.4 Å². The first-order chi connectivity index (χ1) is 15.0. The van der Waals surface area contributed by atoms with Crippen LogP contribution in [0.4, 0.5) is 17.1 Å². The average molecular weight is 439 g/mol. The van der Waals surface area contributed by atoms with Crippen LogP contribution in [0.25, 0.3) is 10.9 Å². The maximum atomic E-state index is 12.6. The van der Waals surface area contributed by atoms with Crippen LogP contribution in [-0.2, 0) is 11.4 Å². The van der Waals surface area contributed by atoms with Crippen molar-refractivity contribution < 1.29 is 9.90 Å². The molecular weight excluding hydrogens is 412 g/mol. The molecule has 0 saturated carbocycles. The molecule has 0 spiro atoms. The summed E-state index contributed by atoms with van der Waals surface area (Å²) in [6.45, 7) is 4.44. The summed E-state index contributed by atoms with van der Waals surface area (Å²) in [5.74, 6) is 0.689. The number of benzene rings is 2. The number of fused-ring (bicyclic) bond motifs is 1. The number of aliphatic hydroxyl groups is 1. The Kier molecular flexibility index (Phi) is 6.70. The molecule has 7 heteroatoms. The van der Waals surface area contributed by atoms with Crippen molar-refractivity contribution in [1.29, 1.82) is 0 Å². The molecule has 31 heavy (non-hydrogen) atoms. The number of halogens is 1. The zero-order valence-corrected chi connectivity index (χ0v) is 18.3. The van der Waals surface area contributed by atoms with Gasteiger partial charge in [-0.25, -0.2) is 0 Å². The minimum atomic E-state index is -0.116. The lowest BCUT2D eigenvalue weighted by Gasteiger charge is -2.29. The fourth-order valence-electron chi connectivity index (χ4n) is 3.94. The molecule has 2 aromatic carbocycles. The summed E-state index contributed by atoms with van der Waals surface area (Å²) < 4.78 is 0. The van der Waals surface area contributed by atoms with E-state index in [9.17, 15) is 9.90 Å². The topological polar surface area (TPSA) is 77.5 Å². The number of anilines is 3. The van der Waals surface area contributed by atoms with Crippen LogP contribution in [0.1, 0.15) is 25.3 Å². The van der Waals surface area contributed by atoms with Gasteiger partial charge in [-0.2, -0.15) is 0 Å². The van der Waals surface area contributed by atoms with Crippen LogP contribution in [-0.4, -0.2) is 40.5 Å². The number of rotatable bonds is 6. The SMILES string of the molecule is CC1CCN(CC(=O)Nc2cc(CO)cc(Nc3ccnc4cc(Cl)ccc34)c2)CC1. The van der Waals surface area contributed by atoms with Crippen LogP contribution in [0.3, 0.4) is 0 Å². The molecular formula is C24H27ClN4O2. The van der Waals surface area contributed by atoms with Crippen molar-refractivity contribution >= 4 is 45.5 Å². The molecule has 3 N–H and O–H groups in total. The summed E-state index contributed by atoms with van der Waals surface area (Å²) in [7, 11) is 0. The Balaban J connectivity index is 1.51. The van der Waals surface area contributed by atoms with Gasteiger partial charge >= 0.3 is 0 Å². The molecule has 1 aliphatic heterocycles. The molecule has 0 radical (unpaired) electrons. The van der Waals surface area contributed by atoms with Crippen molar-refractivity contribution in [2.75, 3.05) is 30.3 Å². The van der Waals surface area contributed by atoms with E-state index in [1.807, 2.05) is 36.4 Å². The largest absolute Gasteiger partial charge is 0.392 e. The van der Waals surface area contributed by atoms with Gasteiger partial charge in [0, 0.05) is 33.7 Å². The maximum absolute atomic E-state index is 12.6. The van der Waals surface area contributed by atoms with Gasteiger partial charge in [-0.15, -0.1) is 0 Å². The number of carbonyl (C=O) groups excluding carboxylic acids is 1. The molecule has 1 aromatic heterocycles. The molecule has 1 fully saturated rings. The zero-order chi connectivity index (χ0) is 21.8. The van der Waals surface area contributed by atoms with Gasteiger partial charge in [-0.1, -0.05) is 18.5 Å². The van der Waals surface area contributed by atoms with Crippen molar-refractivity contribution in [3.8, 4) is 0 Å². The van der Waals surface area contributed by atoms with Gasteiger partial charge in [0.15, 0.2) is 0 Å². The van der Waals surface area contributed by atoms with E-state index in [-0.39, 0.29) is 12.5 Å². The number of nitrogens with zero attached hydrogens (tertiary/aromatic N) is 2. The third-order valence-corrected chi connectivity index (χ3v) is 5.92. The van der Waals surface area contributed by atoms with Crippen LogP contribution in [0, 0.1) is 5.92 Å². The van der Waals surface area contributed by atoms with Crippen LogP contribution in [0.15, 0.2) is 48.7 Å². The van der Waals surface area contributed by atoms with Gasteiger partial charge in [-0.3, -0.25) is 14.7 Å². The standard InChI is InChI=1S/C24H27ClN4O2/c1-16-5-8-29(9-6-16)14-24(31)28-20-11-17(15-30)10-19(13-20)27-22-4-7-26-23-12-18(25)2-3-21(22)23/h2-4,7,10-13,16,30H,5-6,8-9,14-15H2,1H3,(H,26,27)(H,28,31). The second kappa shape index (κ2) is 9.64. The summed E-state index contributed by atoms with van der Waals surface area (Å²) in [6, 6.07) is 13.0. The van der Waals surface area contributed by atoms with E-state index in [0.29, 0.717) is 22.8 Å². The lowest BCUT2D eigenvalue weighted by molar-refractivity contribution is -0.117. The first-order valence-electron chi connectivity index (χ1n) is 10.6. The predicted octanol–water partition coefficient (Wildman–Crippen LogP) is 4.79. The molecule has 4 rings (SSSR count). The Morgan fingerprint density at radius 3 is 2.71 bits per heavy atom. The zero-order valence-electron chi connectivity index (χ0n) is 17.6. The summed E-state index contributed by atoms with van der Waals surface area (Å²) >= 11 is 6.09. The van der Waals surface area contributed by atoms with E-state index in [1.54, 1.807) is 12.3 Å². The second-order valence-electron chi connectivity index (χ2n) is 8.23. The Morgan fingerprint density at radius 1 is 1.16 bits per heavy atom. The third kappa shape index (κ3) is 5.53. The normalized spacial score (nSPS) is 15.2. The molecule has 6 nitrogen and oxygen atoms in total. The number of piperidine rings is 1. The molecule has 0 atom stereocenters. The van der Waals surface area contributed by atoms with E-state index in [1.165, 1.54) is 0 Å². The number of hydrogen-bond acceptors (Lipinski definition) is 5. The van der Waals surface area contributed by atoms with E-state index >= 15 is 0 Å². The highest BCUT2D eigenvalue weighted by atomic mass is 35.5. The number of aromatic nitrogens is 1. The first-order valence-corrected chi connectivity index (χ1v) is 11.0. The third-order valence-electron chi connectivity index (χ3n) is 5.69. The highest BCUT2D eigenvalue weighted by Gasteiger charge is 2.18. The molecule has 1 aliphatic rings. The fourth-order valence-corrected chi connectivity index (χ4v) is 4.10. The van der Waals surface area contributed by atoms with Crippen LogP contribution in [0.5, 0.6) is 0 Å². The van der Waals surface area contributed by atoms with E-state index in [2.05, 4.69) is 27.4 Å². The van der Waals surface area contributed by atoms with Gasteiger partial charge in [0.2, 0.25) is 5.91 Å². The lowest BCUT2D eigenvalue weighted by atomic mass is 9.99. The van der Waals surface area contributed by atoms with Gasteiger partial charge in [0.1, 0.15) is 0 Å². The van der Waals surface area contributed by atoms with Crippen molar-refractivity contribution in [2.24, 2.45) is 5.92 Å². The molecule has 3 aromatic rings. The van der Waals surface area contributed by atoms with E-state index < -0.39 is 0 Å². The number of amides is 1. The smallest absolute Gasteiger partial charge is 0.238 e. The second-order valence-corrected chi connectivity index (χ2v) is 8.66. The molecule has 2 heterocycles.